The molecular formula is C10H13N3O. The average molecular weight is 191 g/mol. The van der Waals surface area contributed by atoms with Crippen LogP contribution in [-0.2, 0) is 11.3 Å². The first-order valence-electron chi connectivity index (χ1n) is 4.71. The first kappa shape index (κ1) is 10.5. The fourth-order valence-corrected chi connectivity index (χ4v) is 1.23. The van der Waals surface area contributed by atoms with Gasteiger partial charge in [0.05, 0.1) is 0 Å². The number of rotatable bonds is 5. The van der Waals surface area contributed by atoms with Crippen LogP contribution in [0.15, 0.2) is 12.4 Å². The van der Waals surface area contributed by atoms with Crippen molar-refractivity contribution >= 4 is 5.78 Å². The number of aryl methyl sites for hydroxylation is 1. The molecule has 0 aromatic carbocycles. The zero-order valence-electron chi connectivity index (χ0n) is 8.23. The zero-order valence-corrected chi connectivity index (χ0v) is 8.23. The summed E-state index contributed by atoms with van der Waals surface area (Å²) in [6.07, 6.45) is 5.31. The van der Waals surface area contributed by atoms with Crippen LogP contribution < -0.4 is 0 Å². The van der Waals surface area contributed by atoms with Gasteiger partial charge in [0.25, 0.3) is 0 Å². The number of carbonyl (C=O) groups excluding carboxylic acids is 1. The smallest absolute Gasteiger partial charge is 0.212 e. The Kier molecular flexibility index (Phi) is 3.86. The Morgan fingerprint density at radius 1 is 1.71 bits per heavy atom. The predicted octanol–water partition coefficient (Wildman–Crippen LogP) is 1.51. The van der Waals surface area contributed by atoms with Crippen LogP contribution in [0.4, 0.5) is 0 Å². The van der Waals surface area contributed by atoms with Crippen molar-refractivity contribution in [2.75, 3.05) is 0 Å². The molecule has 14 heavy (non-hydrogen) atoms. The summed E-state index contributed by atoms with van der Waals surface area (Å²) in [5, 5.41) is 8.66. The van der Waals surface area contributed by atoms with E-state index in [0.717, 1.165) is 6.42 Å². The molecule has 0 aliphatic carbocycles. The molecule has 4 heteroatoms. The maximum atomic E-state index is 11.0. The van der Waals surface area contributed by atoms with Gasteiger partial charge >= 0.3 is 0 Å². The third-order valence-corrected chi connectivity index (χ3v) is 2.06. The highest BCUT2D eigenvalue weighted by Crippen LogP contribution is 2.01. The van der Waals surface area contributed by atoms with Gasteiger partial charge in [-0.2, -0.15) is 5.26 Å². The molecule has 0 spiro atoms. The molecule has 0 unspecified atom stereocenters. The SMILES string of the molecule is CCC(=O)CCCn1ccnc1C#N. The Morgan fingerprint density at radius 3 is 3.14 bits per heavy atom. The van der Waals surface area contributed by atoms with Crippen LogP contribution in [0.1, 0.15) is 32.0 Å². The van der Waals surface area contributed by atoms with Gasteiger partial charge in [-0.15, -0.1) is 0 Å². The van der Waals surface area contributed by atoms with Crippen molar-refractivity contribution in [3.05, 3.63) is 18.2 Å². The summed E-state index contributed by atoms with van der Waals surface area (Å²) in [6.45, 7) is 2.55. The number of aromatic nitrogens is 2. The number of hydrogen-bond acceptors (Lipinski definition) is 3. The molecule has 1 rings (SSSR count). The van der Waals surface area contributed by atoms with Crippen LogP contribution in [-0.4, -0.2) is 15.3 Å². The quantitative estimate of drug-likeness (QED) is 0.708. The summed E-state index contributed by atoms with van der Waals surface area (Å²) in [7, 11) is 0. The Bertz CT molecular complexity index is 348. The third-order valence-electron chi connectivity index (χ3n) is 2.06. The second-order valence-electron chi connectivity index (χ2n) is 3.05. The molecule has 1 aromatic rings. The van der Waals surface area contributed by atoms with E-state index < -0.39 is 0 Å². The number of carbonyl (C=O) groups is 1. The van der Waals surface area contributed by atoms with Crippen LogP contribution in [0.5, 0.6) is 0 Å². The second kappa shape index (κ2) is 5.18. The molecule has 0 amide bonds. The predicted molar refractivity (Wildman–Crippen MR) is 51.5 cm³/mol. The van der Waals surface area contributed by atoms with Crippen molar-refractivity contribution < 1.29 is 4.79 Å². The van der Waals surface area contributed by atoms with E-state index in [1.54, 1.807) is 17.0 Å². The molecule has 4 nitrogen and oxygen atoms in total. The maximum absolute atomic E-state index is 11.0. The maximum Gasteiger partial charge on any atom is 0.212 e. The van der Waals surface area contributed by atoms with Gasteiger partial charge in [-0.1, -0.05) is 6.92 Å². The number of nitriles is 1. The molecule has 0 atom stereocenters. The molecule has 0 aliphatic rings. The lowest BCUT2D eigenvalue weighted by Gasteiger charge is -2.01. The summed E-state index contributed by atoms with van der Waals surface area (Å²) in [5.41, 5.74) is 0. The Balaban J connectivity index is 2.39. The molecular weight excluding hydrogens is 178 g/mol. The monoisotopic (exact) mass is 191 g/mol. The lowest BCUT2D eigenvalue weighted by Crippen LogP contribution is -2.03. The zero-order chi connectivity index (χ0) is 10.4. The van der Waals surface area contributed by atoms with Gasteiger partial charge in [0.1, 0.15) is 11.9 Å². The van der Waals surface area contributed by atoms with Crippen LogP contribution >= 0.6 is 0 Å². The molecule has 0 radical (unpaired) electrons. The molecule has 0 bridgehead atoms. The van der Waals surface area contributed by atoms with Crippen LogP contribution in [0.25, 0.3) is 0 Å². The van der Waals surface area contributed by atoms with Gasteiger partial charge < -0.3 is 4.57 Å². The molecule has 0 aliphatic heterocycles. The molecule has 0 saturated heterocycles. The van der Waals surface area contributed by atoms with Crippen LogP contribution in [0, 0.1) is 11.3 Å². The molecule has 1 aromatic heterocycles. The van der Waals surface area contributed by atoms with Gasteiger partial charge in [0.15, 0.2) is 0 Å². The third kappa shape index (κ3) is 2.70. The molecule has 0 saturated carbocycles. The Morgan fingerprint density at radius 2 is 2.50 bits per heavy atom. The fourth-order valence-electron chi connectivity index (χ4n) is 1.23. The lowest BCUT2D eigenvalue weighted by molar-refractivity contribution is -0.118. The fraction of sp³-hybridized carbons (Fsp3) is 0.500. The molecule has 74 valence electrons. The number of Topliss-reactive ketones (excluding diaryl/α,β-unsaturated/α-hetero) is 1. The number of ketones is 1. The van der Waals surface area contributed by atoms with E-state index >= 15 is 0 Å². The van der Waals surface area contributed by atoms with E-state index in [2.05, 4.69) is 4.98 Å². The van der Waals surface area contributed by atoms with E-state index in [4.69, 9.17) is 5.26 Å². The summed E-state index contributed by atoms with van der Waals surface area (Å²) in [4.78, 5) is 14.9. The topological polar surface area (TPSA) is 58.7 Å². The highest BCUT2D eigenvalue weighted by molar-refractivity contribution is 5.77. The Hall–Kier alpha value is -1.63. The summed E-state index contributed by atoms with van der Waals surface area (Å²) in [5.74, 6) is 0.678. The first-order chi connectivity index (χ1) is 6.77. The highest BCUT2D eigenvalue weighted by Gasteiger charge is 2.02. The van der Waals surface area contributed by atoms with Crippen molar-refractivity contribution in [1.29, 1.82) is 5.26 Å². The normalized spacial score (nSPS) is 9.71. The second-order valence-corrected chi connectivity index (χ2v) is 3.05. The van der Waals surface area contributed by atoms with Crippen molar-refractivity contribution in [2.24, 2.45) is 0 Å². The van der Waals surface area contributed by atoms with Crippen molar-refractivity contribution in [2.45, 2.75) is 32.7 Å². The van der Waals surface area contributed by atoms with Gasteiger partial charge in [-0.05, 0) is 6.42 Å². The van der Waals surface area contributed by atoms with E-state index in [9.17, 15) is 4.79 Å². The number of hydrogen-bond donors (Lipinski definition) is 0. The van der Waals surface area contributed by atoms with Crippen LogP contribution in [0.2, 0.25) is 0 Å². The van der Waals surface area contributed by atoms with Crippen molar-refractivity contribution in [3.8, 4) is 6.07 Å². The number of imidazole rings is 1. The van der Waals surface area contributed by atoms with Gasteiger partial charge in [0, 0.05) is 31.8 Å². The summed E-state index contributed by atoms with van der Waals surface area (Å²) >= 11 is 0. The summed E-state index contributed by atoms with van der Waals surface area (Å²) < 4.78 is 1.77. The number of nitrogens with zero attached hydrogens (tertiary/aromatic N) is 3. The molecule has 1 heterocycles. The van der Waals surface area contributed by atoms with Gasteiger partial charge in [-0.25, -0.2) is 4.98 Å². The summed E-state index contributed by atoms with van der Waals surface area (Å²) in [6, 6.07) is 1.99. The first-order valence-corrected chi connectivity index (χ1v) is 4.71. The van der Waals surface area contributed by atoms with Gasteiger partial charge in [0.2, 0.25) is 5.82 Å². The molecule has 0 fully saturated rings. The largest absolute Gasteiger partial charge is 0.323 e. The molecule has 0 N–H and O–H groups in total. The minimum atomic E-state index is 0.267. The Labute approximate surface area is 83.2 Å². The van der Waals surface area contributed by atoms with Gasteiger partial charge in [-0.3, -0.25) is 4.79 Å². The van der Waals surface area contributed by atoms with E-state index in [1.165, 1.54) is 0 Å². The van der Waals surface area contributed by atoms with E-state index in [0.29, 0.717) is 25.2 Å². The average Bonchev–Trinajstić information content (AvgIpc) is 2.65. The van der Waals surface area contributed by atoms with Crippen molar-refractivity contribution in [3.63, 3.8) is 0 Å². The van der Waals surface area contributed by atoms with E-state index in [1.807, 2.05) is 13.0 Å². The standard InChI is InChI=1S/C10H13N3O/c1-2-9(14)4-3-6-13-7-5-12-10(13)8-11/h5,7H,2-4,6H2,1H3. The highest BCUT2D eigenvalue weighted by atomic mass is 16.1. The lowest BCUT2D eigenvalue weighted by atomic mass is 10.2. The van der Waals surface area contributed by atoms with E-state index in [-0.39, 0.29) is 5.78 Å². The minimum absolute atomic E-state index is 0.267. The minimum Gasteiger partial charge on any atom is -0.323 e. The van der Waals surface area contributed by atoms with Crippen LogP contribution in [0.3, 0.4) is 0 Å². The van der Waals surface area contributed by atoms with Crippen molar-refractivity contribution in [1.82, 2.24) is 9.55 Å².